The molecule has 0 aliphatic carbocycles. The number of nitrogens with zero attached hydrogens (tertiary/aromatic N) is 1. The first-order valence-electron chi connectivity index (χ1n) is 3.89. The zero-order valence-electron chi connectivity index (χ0n) is 8.30. The van der Waals surface area contributed by atoms with Gasteiger partial charge < -0.3 is 0 Å². The molecule has 3 nitrogen and oxygen atoms in total. The minimum absolute atomic E-state index is 0.428. The van der Waals surface area contributed by atoms with Crippen LogP contribution in [0.25, 0.3) is 0 Å². The summed E-state index contributed by atoms with van der Waals surface area (Å²) in [7, 11) is -4.74. The van der Waals surface area contributed by atoms with Crippen molar-refractivity contribution in [3.05, 3.63) is 0 Å². The summed E-state index contributed by atoms with van der Waals surface area (Å²) in [5.41, 5.74) is 0. The van der Waals surface area contributed by atoms with Crippen molar-refractivity contribution in [3.8, 4) is 0 Å². The Kier molecular flexibility index (Phi) is 4.10. The molecule has 0 aliphatic heterocycles. The average molecular weight is 213 g/mol. The van der Waals surface area contributed by atoms with Crippen molar-refractivity contribution in [1.82, 2.24) is 4.34 Å². The molecule has 1 unspecified atom stereocenters. The van der Waals surface area contributed by atoms with Gasteiger partial charge in [0, 0.05) is 7.11 Å². The Morgan fingerprint density at radius 2 is 1.92 bits per heavy atom. The van der Waals surface area contributed by atoms with Crippen LogP contribution >= 0.6 is 7.83 Å². The van der Waals surface area contributed by atoms with Gasteiger partial charge in [-0.05, 0) is 6.54 Å². The maximum Gasteiger partial charge on any atom is 0.438 e. The second kappa shape index (κ2) is 4.00. The van der Waals surface area contributed by atoms with Crippen LogP contribution in [0, 0.1) is 0 Å². The SMILES string of the molecule is CCN([Si](C)(C)C)P(=O)(F)OC. The molecule has 0 aliphatic rings. The summed E-state index contributed by atoms with van der Waals surface area (Å²) in [6, 6.07) is 0. The summed E-state index contributed by atoms with van der Waals surface area (Å²) >= 11 is 0. The molecule has 1 atom stereocenters. The minimum atomic E-state index is -4.01. The highest BCUT2D eigenvalue weighted by Gasteiger charge is 2.38. The van der Waals surface area contributed by atoms with E-state index in [0.29, 0.717) is 6.54 Å². The predicted molar refractivity (Wildman–Crippen MR) is 51.4 cm³/mol. The molecule has 0 aromatic heterocycles. The van der Waals surface area contributed by atoms with E-state index in [1.54, 1.807) is 6.92 Å². The van der Waals surface area contributed by atoms with E-state index in [1.165, 1.54) is 4.34 Å². The van der Waals surface area contributed by atoms with Gasteiger partial charge in [-0.25, -0.2) is 8.90 Å². The molecule has 0 heterocycles. The molecule has 0 aromatic rings. The Bertz CT molecular complexity index is 194. The van der Waals surface area contributed by atoms with E-state index in [9.17, 15) is 8.76 Å². The summed E-state index contributed by atoms with van der Waals surface area (Å²) in [6.45, 7) is 8.01. The van der Waals surface area contributed by atoms with Crippen LogP contribution in [0.5, 0.6) is 0 Å². The molecule has 0 fully saturated rings. The lowest BCUT2D eigenvalue weighted by molar-refractivity contribution is 0.313. The van der Waals surface area contributed by atoms with Crippen LogP contribution in [0.15, 0.2) is 0 Å². The van der Waals surface area contributed by atoms with E-state index in [0.717, 1.165) is 7.11 Å². The van der Waals surface area contributed by atoms with Gasteiger partial charge in [-0.3, -0.25) is 4.52 Å². The fourth-order valence-electron chi connectivity index (χ4n) is 1.10. The minimum Gasteiger partial charge on any atom is -0.297 e. The highest BCUT2D eigenvalue weighted by atomic mass is 31.2. The third-order valence-electron chi connectivity index (χ3n) is 1.59. The Morgan fingerprint density at radius 1 is 1.50 bits per heavy atom. The van der Waals surface area contributed by atoms with Crippen molar-refractivity contribution in [2.24, 2.45) is 0 Å². The van der Waals surface area contributed by atoms with Crippen LogP contribution in [0.1, 0.15) is 6.92 Å². The van der Waals surface area contributed by atoms with Gasteiger partial charge in [0.25, 0.3) is 0 Å². The first kappa shape index (κ1) is 12.3. The third-order valence-corrected chi connectivity index (χ3v) is 7.28. The molecular weight excluding hydrogens is 196 g/mol. The zero-order valence-corrected chi connectivity index (χ0v) is 10.2. The number of hydrogen-bond donors (Lipinski definition) is 0. The number of hydrogen-bond acceptors (Lipinski definition) is 2. The molecule has 0 bridgehead atoms. The second-order valence-electron chi connectivity index (χ2n) is 3.52. The summed E-state index contributed by atoms with van der Waals surface area (Å²) < 4.78 is 30.2. The van der Waals surface area contributed by atoms with Gasteiger partial charge in [0.15, 0.2) is 0 Å². The quantitative estimate of drug-likeness (QED) is 0.531. The van der Waals surface area contributed by atoms with Gasteiger partial charge in [-0.1, -0.05) is 26.6 Å². The zero-order chi connectivity index (χ0) is 9.99. The van der Waals surface area contributed by atoms with Crippen molar-refractivity contribution < 1.29 is 13.3 Å². The van der Waals surface area contributed by atoms with E-state index < -0.39 is 16.1 Å². The highest BCUT2D eigenvalue weighted by molar-refractivity contribution is 7.53. The Balaban J connectivity index is 4.69. The number of halogens is 1. The van der Waals surface area contributed by atoms with Crippen molar-refractivity contribution in [1.29, 1.82) is 0 Å². The van der Waals surface area contributed by atoms with Gasteiger partial charge in [-0.2, -0.15) is 0 Å². The predicted octanol–water partition coefficient (Wildman–Crippen LogP) is 2.87. The Hall–Kier alpha value is 0.297. The molecule has 0 saturated heterocycles. The van der Waals surface area contributed by atoms with Crippen LogP contribution < -0.4 is 0 Å². The lowest BCUT2D eigenvalue weighted by Crippen LogP contribution is -2.42. The summed E-state index contributed by atoms with van der Waals surface area (Å²) in [6.07, 6.45) is 0. The van der Waals surface area contributed by atoms with Gasteiger partial charge in [0.05, 0.1) is 0 Å². The third kappa shape index (κ3) is 2.97. The lowest BCUT2D eigenvalue weighted by atomic mass is 10.8. The molecule has 74 valence electrons. The van der Waals surface area contributed by atoms with Gasteiger partial charge in [0.2, 0.25) is 0 Å². The summed E-state index contributed by atoms with van der Waals surface area (Å²) in [5, 5.41) is 0. The largest absolute Gasteiger partial charge is 0.438 e. The molecule has 0 N–H and O–H groups in total. The maximum atomic E-state index is 13.3. The van der Waals surface area contributed by atoms with Crippen molar-refractivity contribution in [3.63, 3.8) is 0 Å². The van der Waals surface area contributed by atoms with E-state index in [1.807, 2.05) is 19.6 Å². The second-order valence-corrected chi connectivity index (χ2v) is 10.5. The molecule has 0 radical (unpaired) electrons. The lowest BCUT2D eigenvalue weighted by Gasteiger charge is -2.33. The monoisotopic (exact) mass is 213 g/mol. The number of rotatable bonds is 4. The Labute approximate surface area is 74.6 Å². The first-order valence-corrected chi connectivity index (χ1v) is 8.80. The van der Waals surface area contributed by atoms with Crippen LogP contribution in [-0.2, 0) is 9.09 Å². The molecule has 0 spiro atoms. The van der Waals surface area contributed by atoms with Crippen molar-refractivity contribution >= 4 is 16.1 Å². The Morgan fingerprint density at radius 3 is 2.00 bits per heavy atom. The van der Waals surface area contributed by atoms with Crippen LogP contribution in [0.2, 0.25) is 19.6 Å². The van der Waals surface area contributed by atoms with E-state index in [2.05, 4.69) is 4.52 Å². The van der Waals surface area contributed by atoms with Crippen molar-refractivity contribution in [2.75, 3.05) is 13.7 Å². The molecule has 0 rings (SSSR count). The fourth-order valence-corrected chi connectivity index (χ4v) is 5.70. The smallest absolute Gasteiger partial charge is 0.297 e. The van der Waals surface area contributed by atoms with Gasteiger partial charge in [0.1, 0.15) is 8.24 Å². The maximum absolute atomic E-state index is 13.3. The van der Waals surface area contributed by atoms with Gasteiger partial charge >= 0.3 is 7.83 Å². The van der Waals surface area contributed by atoms with E-state index in [4.69, 9.17) is 0 Å². The molecular formula is C6H17FNO2PSi. The standard InChI is InChI=1S/C6H17FNO2PSi/c1-6-8(12(3,4)5)11(7,9)10-2/h6H2,1-5H3. The van der Waals surface area contributed by atoms with E-state index >= 15 is 0 Å². The molecule has 0 saturated carbocycles. The van der Waals surface area contributed by atoms with Crippen LogP contribution in [0.4, 0.5) is 4.20 Å². The van der Waals surface area contributed by atoms with Crippen LogP contribution in [0.3, 0.4) is 0 Å². The average Bonchev–Trinajstić information content (AvgIpc) is 1.85. The molecule has 0 aromatic carbocycles. The molecule has 6 heteroatoms. The van der Waals surface area contributed by atoms with Crippen molar-refractivity contribution in [2.45, 2.75) is 26.6 Å². The molecule has 12 heavy (non-hydrogen) atoms. The topological polar surface area (TPSA) is 29.5 Å². The van der Waals surface area contributed by atoms with E-state index in [-0.39, 0.29) is 0 Å². The summed E-state index contributed by atoms with van der Waals surface area (Å²) in [4.78, 5) is 0. The first-order chi connectivity index (χ1) is 5.25. The molecule has 0 amide bonds. The van der Waals surface area contributed by atoms with Gasteiger partial charge in [-0.15, -0.1) is 4.20 Å². The van der Waals surface area contributed by atoms with Crippen LogP contribution in [-0.4, -0.2) is 26.2 Å². The highest BCUT2D eigenvalue weighted by Crippen LogP contribution is 2.53. The summed E-state index contributed by atoms with van der Waals surface area (Å²) in [5.74, 6) is 0. The fraction of sp³-hybridized carbons (Fsp3) is 1.00. The normalized spacial score (nSPS) is 17.9.